The molecule has 1 N–H and O–H groups in total. The van der Waals surface area contributed by atoms with Crippen molar-refractivity contribution in [1.29, 1.82) is 0 Å². The molecule has 30 heavy (non-hydrogen) atoms. The summed E-state index contributed by atoms with van der Waals surface area (Å²) in [5.74, 6) is -2.57. The Bertz CT molecular complexity index is 1240. The molecule has 0 saturated heterocycles. The summed E-state index contributed by atoms with van der Waals surface area (Å²) in [6, 6.07) is 10.6. The van der Waals surface area contributed by atoms with E-state index in [0.29, 0.717) is 16.5 Å². The van der Waals surface area contributed by atoms with Crippen molar-refractivity contribution in [2.45, 2.75) is 19.6 Å². The van der Waals surface area contributed by atoms with E-state index in [1.165, 1.54) is 24.3 Å². The van der Waals surface area contributed by atoms with E-state index in [1.54, 1.807) is 35.9 Å². The number of carbonyl (C=O) groups is 1. The number of para-hydroxylation sites is 1. The van der Waals surface area contributed by atoms with Crippen LogP contribution in [0, 0.1) is 12.7 Å². The number of halogens is 4. The molecule has 154 valence electrons. The summed E-state index contributed by atoms with van der Waals surface area (Å²) in [5.41, 5.74) is 1.90. The zero-order valence-corrected chi connectivity index (χ0v) is 15.5. The molecule has 0 atom stereocenters. The van der Waals surface area contributed by atoms with Gasteiger partial charge in [-0.1, -0.05) is 17.3 Å². The van der Waals surface area contributed by atoms with Crippen LogP contribution in [0.25, 0.3) is 22.3 Å². The Labute approximate surface area is 167 Å². The number of carbonyl (C=O) groups excluding carboxylic acids is 1. The van der Waals surface area contributed by atoms with E-state index < -0.39 is 23.8 Å². The highest BCUT2D eigenvalue weighted by atomic mass is 19.4. The molecule has 2 aromatic carbocycles. The zero-order valence-electron chi connectivity index (χ0n) is 15.5. The largest absolute Gasteiger partial charge is 0.471 e. The van der Waals surface area contributed by atoms with E-state index in [-0.39, 0.29) is 18.1 Å². The van der Waals surface area contributed by atoms with E-state index in [4.69, 9.17) is 0 Å². The molecule has 0 aliphatic heterocycles. The van der Waals surface area contributed by atoms with Crippen LogP contribution < -0.4 is 5.32 Å². The summed E-state index contributed by atoms with van der Waals surface area (Å²) in [6.45, 7) is 1.73. The summed E-state index contributed by atoms with van der Waals surface area (Å²) < 4.78 is 57.7. The average Bonchev–Trinajstić information content (AvgIpc) is 3.29. The Morgan fingerprint density at radius 1 is 1.20 bits per heavy atom. The highest BCUT2D eigenvalue weighted by Gasteiger charge is 2.38. The second kappa shape index (κ2) is 7.29. The van der Waals surface area contributed by atoms with Gasteiger partial charge in [-0.25, -0.2) is 4.39 Å². The fraction of sp³-hybridized carbons (Fsp3) is 0.150. The summed E-state index contributed by atoms with van der Waals surface area (Å²) in [5, 5.41) is 6.61. The predicted molar refractivity (Wildman–Crippen MR) is 100.0 cm³/mol. The fourth-order valence-electron chi connectivity index (χ4n) is 3.11. The minimum absolute atomic E-state index is 0.0710. The number of nitrogens with one attached hydrogen (secondary N) is 1. The Morgan fingerprint density at radius 3 is 2.67 bits per heavy atom. The molecule has 0 saturated carbocycles. The summed E-state index contributed by atoms with van der Waals surface area (Å²) in [7, 11) is 0. The number of hydrogen-bond donors (Lipinski definition) is 1. The average molecular weight is 418 g/mol. The first-order valence-electron chi connectivity index (χ1n) is 8.77. The molecule has 0 fully saturated rings. The van der Waals surface area contributed by atoms with E-state index in [0.717, 1.165) is 5.56 Å². The van der Waals surface area contributed by atoms with Gasteiger partial charge in [0.2, 0.25) is 11.7 Å². The topological polar surface area (TPSA) is 73.0 Å². The number of fused-ring (bicyclic) bond motifs is 1. The molecule has 0 unspecified atom stereocenters. The Morgan fingerprint density at radius 2 is 1.97 bits per heavy atom. The maximum absolute atomic E-state index is 13.7. The number of anilines is 1. The summed E-state index contributed by atoms with van der Waals surface area (Å²) in [4.78, 5) is 15.7. The lowest BCUT2D eigenvalue weighted by Crippen LogP contribution is -2.18. The molecule has 0 radical (unpaired) electrons. The summed E-state index contributed by atoms with van der Waals surface area (Å²) >= 11 is 0. The number of benzene rings is 2. The van der Waals surface area contributed by atoms with Crippen LogP contribution in [0.15, 0.2) is 53.2 Å². The van der Waals surface area contributed by atoms with Crippen molar-refractivity contribution in [3.05, 3.63) is 65.9 Å². The highest BCUT2D eigenvalue weighted by Crippen LogP contribution is 2.31. The van der Waals surface area contributed by atoms with Gasteiger partial charge in [-0.15, -0.1) is 0 Å². The normalized spacial score (nSPS) is 11.8. The van der Waals surface area contributed by atoms with Crippen LogP contribution in [-0.2, 0) is 17.5 Å². The molecule has 0 aliphatic carbocycles. The number of nitrogens with zero attached hydrogens (tertiary/aromatic N) is 3. The molecule has 1 amide bonds. The van der Waals surface area contributed by atoms with Crippen molar-refractivity contribution in [3.63, 3.8) is 0 Å². The third-order valence-corrected chi connectivity index (χ3v) is 4.47. The van der Waals surface area contributed by atoms with Crippen molar-refractivity contribution < 1.29 is 26.9 Å². The molecular formula is C20H14F4N4O2. The molecule has 0 spiro atoms. The quantitative estimate of drug-likeness (QED) is 0.484. The van der Waals surface area contributed by atoms with Gasteiger partial charge in [0, 0.05) is 22.7 Å². The zero-order chi connectivity index (χ0) is 21.5. The van der Waals surface area contributed by atoms with Crippen LogP contribution in [0.2, 0.25) is 0 Å². The van der Waals surface area contributed by atoms with Crippen molar-refractivity contribution >= 4 is 22.5 Å². The van der Waals surface area contributed by atoms with Crippen LogP contribution in [-0.4, -0.2) is 20.6 Å². The fourth-order valence-corrected chi connectivity index (χ4v) is 3.11. The number of aryl methyl sites for hydroxylation is 1. The molecule has 10 heteroatoms. The van der Waals surface area contributed by atoms with Crippen LogP contribution in [0.4, 0.5) is 23.2 Å². The molecule has 0 bridgehead atoms. The molecule has 2 heterocycles. The van der Waals surface area contributed by atoms with Crippen molar-refractivity contribution in [2.75, 3.05) is 5.32 Å². The van der Waals surface area contributed by atoms with Gasteiger partial charge in [0.1, 0.15) is 12.4 Å². The van der Waals surface area contributed by atoms with Crippen molar-refractivity contribution in [2.24, 2.45) is 0 Å². The van der Waals surface area contributed by atoms with E-state index in [1.807, 2.05) is 0 Å². The van der Waals surface area contributed by atoms with Gasteiger partial charge in [-0.2, -0.15) is 18.2 Å². The highest BCUT2D eigenvalue weighted by molar-refractivity contribution is 5.93. The lowest BCUT2D eigenvalue weighted by atomic mass is 10.1. The molecule has 0 aliphatic rings. The van der Waals surface area contributed by atoms with Crippen LogP contribution in [0.3, 0.4) is 0 Å². The first kappa shape index (κ1) is 19.6. The van der Waals surface area contributed by atoms with Gasteiger partial charge >= 0.3 is 12.1 Å². The molecular weight excluding hydrogens is 404 g/mol. The third-order valence-electron chi connectivity index (χ3n) is 4.47. The van der Waals surface area contributed by atoms with Gasteiger partial charge in [0.05, 0.1) is 5.69 Å². The van der Waals surface area contributed by atoms with Crippen LogP contribution in [0.1, 0.15) is 11.5 Å². The van der Waals surface area contributed by atoms with Gasteiger partial charge in [-0.05, 0) is 42.8 Å². The van der Waals surface area contributed by atoms with Crippen LogP contribution in [0.5, 0.6) is 0 Å². The number of aromatic nitrogens is 3. The first-order chi connectivity index (χ1) is 14.2. The Hall–Kier alpha value is -3.69. The van der Waals surface area contributed by atoms with E-state index in [9.17, 15) is 22.4 Å². The maximum Gasteiger partial charge on any atom is 0.471 e. The number of alkyl halides is 3. The van der Waals surface area contributed by atoms with Gasteiger partial charge in [-0.3, -0.25) is 4.79 Å². The van der Waals surface area contributed by atoms with Gasteiger partial charge in [0.25, 0.3) is 0 Å². The molecule has 4 rings (SSSR count). The lowest BCUT2D eigenvalue weighted by molar-refractivity contribution is -0.159. The van der Waals surface area contributed by atoms with Gasteiger partial charge in [0.15, 0.2) is 0 Å². The Balaban J connectivity index is 1.60. The minimum Gasteiger partial charge on any atom is -0.338 e. The molecule has 6 nitrogen and oxygen atoms in total. The van der Waals surface area contributed by atoms with Crippen molar-refractivity contribution in [1.82, 2.24) is 14.7 Å². The third kappa shape index (κ3) is 3.76. The number of amides is 1. The summed E-state index contributed by atoms with van der Waals surface area (Å²) in [6.07, 6.45) is -2.99. The van der Waals surface area contributed by atoms with E-state index in [2.05, 4.69) is 20.0 Å². The molecule has 4 aromatic rings. The first-order valence-corrected chi connectivity index (χ1v) is 8.77. The van der Waals surface area contributed by atoms with E-state index >= 15 is 0 Å². The minimum atomic E-state index is -4.72. The lowest BCUT2D eigenvalue weighted by Gasteiger charge is -2.08. The second-order valence-corrected chi connectivity index (χ2v) is 6.62. The second-order valence-electron chi connectivity index (χ2n) is 6.62. The standard InChI is InChI=1S/C20H14F4N4O2/c1-11-9-28(10-17(29)25-15-5-3-2-4-14(15)21)16-7-6-12(8-13(11)16)18-26-19(30-27-18)20(22,23)24/h2-9H,10H2,1H3,(H,25,29). The van der Waals surface area contributed by atoms with Gasteiger partial charge < -0.3 is 14.4 Å². The maximum atomic E-state index is 13.7. The number of rotatable bonds is 4. The number of hydrogen-bond acceptors (Lipinski definition) is 4. The predicted octanol–water partition coefficient (Wildman–Crippen LogP) is 4.80. The molecule has 2 aromatic heterocycles. The Kier molecular flexibility index (Phi) is 4.76. The van der Waals surface area contributed by atoms with Crippen molar-refractivity contribution in [3.8, 4) is 11.4 Å². The van der Waals surface area contributed by atoms with Crippen LogP contribution >= 0.6 is 0 Å². The monoisotopic (exact) mass is 418 g/mol. The SMILES string of the molecule is Cc1cn(CC(=O)Nc2ccccc2F)c2ccc(-c3noc(C(F)(F)F)n3)cc12. The smallest absolute Gasteiger partial charge is 0.338 e.